The van der Waals surface area contributed by atoms with Gasteiger partial charge in [0.15, 0.2) is 0 Å². The molecule has 0 fully saturated rings. The summed E-state index contributed by atoms with van der Waals surface area (Å²) in [6.07, 6.45) is 3.72. The van der Waals surface area contributed by atoms with Crippen LogP contribution in [0.25, 0.3) is 11.0 Å². The normalized spacial score (nSPS) is 13.2. The molecule has 1 aliphatic carbocycles. The van der Waals surface area contributed by atoms with E-state index in [4.69, 9.17) is 13.9 Å². The molecule has 3 aromatic rings. The topological polar surface area (TPSA) is 91.8 Å². The van der Waals surface area contributed by atoms with Gasteiger partial charge in [0.25, 0.3) is 5.69 Å². The van der Waals surface area contributed by atoms with Gasteiger partial charge in [-0.1, -0.05) is 0 Å². The highest BCUT2D eigenvalue weighted by atomic mass is 16.6. The number of methoxy groups -OCH3 is 1. The minimum atomic E-state index is -0.462. The molecular formula is C21H19NO6. The number of ether oxygens (including phenoxy) is 2. The van der Waals surface area contributed by atoms with Crippen molar-refractivity contribution >= 4 is 16.7 Å². The van der Waals surface area contributed by atoms with Crippen LogP contribution in [0.15, 0.2) is 45.6 Å². The third-order valence-corrected chi connectivity index (χ3v) is 5.06. The third kappa shape index (κ3) is 3.31. The summed E-state index contributed by atoms with van der Waals surface area (Å²) in [6, 6.07) is 9.77. The molecule has 1 aromatic heterocycles. The molecule has 0 N–H and O–H groups in total. The van der Waals surface area contributed by atoms with Crippen molar-refractivity contribution in [3.05, 3.63) is 73.6 Å². The van der Waals surface area contributed by atoms with Gasteiger partial charge in [-0.25, -0.2) is 4.79 Å². The predicted octanol–water partition coefficient (Wildman–Crippen LogP) is 4.17. The zero-order chi connectivity index (χ0) is 19.7. The third-order valence-electron chi connectivity index (χ3n) is 5.06. The Balaban J connectivity index is 1.63. The summed E-state index contributed by atoms with van der Waals surface area (Å²) in [5, 5.41) is 11.9. The summed E-state index contributed by atoms with van der Waals surface area (Å²) >= 11 is 0. The van der Waals surface area contributed by atoms with Gasteiger partial charge in [0, 0.05) is 34.7 Å². The lowest BCUT2D eigenvalue weighted by molar-refractivity contribution is -0.385. The average Bonchev–Trinajstić information content (AvgIpc) is 2.72. The van der Waals surface area contributed by atoms with E-state index in [-0.39, 0.29) is 17.9 Å². The Morgan fingerprint density at radius 2 is 1.89 bits per heavy atom. The minimum Gasteiger partial charge on any atom is -0.496 e. The largest absolute Gasteiger partial charge is 0.496 e. The van der Waals surface area contributed by atoms with Crippen molar-refractivity contribution in [3.63, 3.8) is 0 Å². The van der Waals surface area contributed by atoms with Gasteiger partial charge in [-0.2, -0.15) is 0 Å². The smallest absolute Gasteiger partial charge is 0.339 e. The van der Waals surface area contributed by atoms with E-state index in [2.05, 4.69) is 0 Å². The number of aryl methyl sites for hydroxylation is 1. The van der Waals surface area contributed by atoms with E-state index in [0.717, 1.165) is 42.2 Å². The molecule has 0 radical (unpaired) electrons. The van der Waals surface area contributed by atoms with Gasteiger partial charge in [0.1, 0.15) is 23.7 Å². The molecule has 0 unspecified atom stereocenters. The van der Waals surface area contributed by atoms with Crippen molar-refractivity contribution < 1.29 is 18.8 Å². The average molecular weight is 381 g/mol. The van der Waals surface area contributed by atoms with Crippen molar-refractivity contribution in [2.24, 2.45) is 0 Å². The number of non-ortho nitro benzene ring substituents is 1. The molecule has 0 bridgehead atoms. The second-order valence-electron chi connectivity index (χ2n) is 6.75. The quantitative estimate of drug-likeness (QED) is 0.374. The number of fused-ring (bicyclic) bond motifs is 3. The summed E-state index contributed by atoms with van der Waals surface area (Å²) in [5.74, 6) is 1.02. The van der Waals surface area contributed by atoms with Crippen LogP contribution in [-0.2, 0) is 19.4 Å². The lowest BCUT2D eigenvalue weighted by Gasteiger charge is -2.16. The van der Waals surface area contributed by atoms with Crippen molar-refractivity contribution in [3.8, 4) is 11.5 Å². The molecule has 28 heavy (non-hydrogen) atoms. The van der Waals surface area contributed by atoms with E-state index in [1.165, 1.54) is 19.2 Å². The summed E-state index contributed by atoms with van der Waals surface area (Å²) in [5.41, 5.74) is 2.60. The standard InChI is InChI=1S/C21H19NO6/c1-26-19-9-6-14(22(24)25)10-13(19)12-27-15-7-8-17-16-4-2-3-5-18(16)21(23)28-20(17)11-15/h6-11H,2-5,12H2,1H3. The Kier molecular flexibility index (Phi) is 4.73. The number of nitrogens with zero attached hydrogens (tertiary/aromatic N) is 1. The number of hydrogen-bond acceptors (Lipinski definition) is 6. The number of hydrogen-bond donors (Lipinski definition) is 0. The van der Waals surface area contributed by atoms with Crippen LogP contribution >= 0.6 is 0 Å². The van der Waals surface area contributed by atoms with Crippen LogP contribution in [0.2, 0.25) is 0 Å². The van der Waals surface area contributed by atoms with Crippen molar-refractivity contribution in [2.75, 3.05) is 7.11 Å². The molecule has 0 atom stereocenters. The zero-order valence-corrected chi connectivity index (χ0v) is 15.4. The van der Waals surface area contributed by atoms with E-state index in [0.29, 0.717) is 22.6 Å². The molecule has 1 heterocycles. The van der Waals surface area contributed by atoms with Crippen molar-refractivity contribution in [2.45, 2.75) is 32.3 Å². The maximum absolute atomic E-state index is 12.3. The van der Waals surface area contributed by atoms with E-state index in [9.17, 15) is 14.9 Å². The molecule has 1 aliphatic rings. The second kappa shape index (κ2) is 7.34. The van der Waals surface area contributed by atoms with Gasteiger partial charge >= 0.3 is 5.63 Å². The molecule has 7 nitrogen and oxygen atoms in total. The Labute approximate surface area is 160 Å². The summed E-state index contributed by atoms with van der Waals surface area (Å²) in [4.78, 5) is 22.8. The molecule has 4 rings (SSSR count). The number of nitro groups is 1. The molecule has 0 amide bonds. The lowest BCUT2D eigenvalue weighted by Crippen LogP contribution is -2.15. The fourth-order valence-electron chi connectivity index (χ4n) is 3.67. The Hall–Kier alpha value is -3.35. The van der Waals surface area contributed by atoms with Gasteiger partial charge in [-0.3, -0.25) is 10.1 Å². The zero-order valence-electron chi connectivity index (χ0n) is 15.4. The van der Waals surface area contributed by atoms with Gasteiger partial charge in [-0.15, -0.1) is 0 Å². The van der Waals surface area contributed by atoms with Crippen LogP contribution in [0.4, 0.5) is 5.69 Å². The first-order valence-electron chi connectivity index (χ1n) is 9.09. The molecular weight excluding hydrogens is 362 g/mol. The SMILES string of the molecule is COc1ccc([N+](=O)[O-])cc1COc1ccc2c3c(c(=O)oc2c1)CCCC3. The minimum absolute atomic E-state index is 0.0319. The van der Waals surface area contributed by atoms with E-state index >= 15 is 0 Å². The van der Waals surface area contributed by atoms with Gasteiger partial charge in [0.2, 0.25) is 0 Å². The van der Waals surface area contributed by atoms with Crippen molar-refractivity contribution in [1.82, 2.24) is 0 Å². The van der Waals surface area contributed by atoms with Crippen molar-refractivity contribution in [1.29, 1.82) is 0 Å². The van der Waals surface area contributed by atoms with Crippen LogP contribution in [0, 0.1) is 10.1 Å². The maximum Gasteiger partial charge on any atom is 0.339 e. The second-order valence-corrected chi connectivity index (χ2v) is 6.75. The van der Waals surface area contributed by atoms with Crippen LogP contribution < -0.4 is 15.1 Å². The summed E-state index contributed by atoms with van der Waals surface area (Å²) in [6.45, 7) is 0.0888. The highest BCUT2D eigenvalue weighted by molar-refractivity contribution is 5.82. The fourth-order valence-corrected chi connectivity index (χ4v) is 3.67. The van der Waals surface area contributed by atoms with Gasteiger partial charge in [-0.05, 0) is 49.4 Å². The summed E-state index contributed by atoms with van der Waals surface area (Å²) < 4.78 is 16.5. The molecule has 0 saturated carbocycles. The first kappa shape index (κ1) is 18.0. The highest BCUT2D eigenvalue weighted by Crippen LogP contribution is 2.30. The van der Waals surface area contributed by atoms with Crippen LogP contribution in [-0.4, -0.2) is 12.0 Å². The highest BCUT2D eigenvalue weighted by Gasteiger charge is 2.18. The lowest BCUT2D eigenvalue weighted by atomic mass is 9.91. The van der Waals surface area contributed by atoms with Crippen LogP contribution in [0.5, 0.6) is 11.5 Å². The Morgan fingerprint density at radius 3 is 2.64 bits per heavy atom. The van der Waals surface area contributed by atoms with Gasteiger partial charge in [0.05, 0.1) is 12.0 Å². The number of benzene rings is 2. The Morgan fingerprint density at radius 1 is 1.11 bits per heavy atom. The van der Waals surface area contributed by atoms with E-state index in [1.807, 2.05) is 12.1 Å². The molecule has 7 heteroatoms. The summed E-state index contributed by atoms with van der Waals surface area (Å²) in [7, 11) is 1.50. The molecule has 0 spiro atoms. The molecule has 2 aromatic carbocycles. The van der Waals surface area contributed by atoms with E-state index < -0.39 is 4.92 Å². The van der Waals surface area contributed by atoms with Crippen LogP contribution in [0.3, 0.4) is 0 Å². The fraction of sp³-hybridized carbons (Fsp3) is 0.286. The van der Waals surface area contributed by atoms with E-state index in [1.54, 1.807) is 12.1 Å². The predicted molar refractivity (Wildman–Crippen MR) is 103 cm³/mol. The molecule has 0 aliphatic heterocycles. The van der Waals surface area contributed by atoms with Crippen LogP contribution in [0.1, 0.15) is 29.5 Å². The van der Waals surface area contributed by atoms with Gasteiger partial charge < -0.3 is 13.9 Å². The molecule has 144 valence electrons. The molecule has 0 saturated heterocycles. The Bertz CT molecular complexity index is 1120. The first-order valence-corrected chi connectivity index (χ1v) is 9.09. The maximum atomic E-state index is 12.3. The first-order chi connectivity index (χ1) is 13.6. The number of rotatable bonds is 5. The number of nitro benzene ring substituents is 1. The monoisotopic (exact) mass is 381 g/mol.